The highest BCUT2D eigenvalue weighted by Gasteiger charge is 2.17. The third-order valence-corrected chi connectivity index (χ3v) is 4.95. The molecule has 2 N–H and O–H groups in total. The van der Waals surface area contributed by atoms with E-state index in [1.165, 1.54) is 13.3 Å². The van der Waals surface area contributed by atoms with Crippen molar-refractivity contribution in [3.8, 4) is 5.75 Å². The van der Waals surface area contributed by atoms with Crippen LogP contribution in [-0.2, 0) is 0 Å². The van der Waals surface area contributed by atoms with Crippen LogP contribution in [-0.4, -0.2) is 55.8 Å². The number of carbonyl (C=O) groups excluding carboxylic acids is 2. The van der Waals surface area contributed by atoms with E-state index < -0.39 is 5.91 Å². The lowest BCUT2D eigenvalue weighted by Gasteiger charge is -2.16. The summed E-state index contributed by atoms with van der Waals surface area (Å²) < 4.78 is 5.24. The first-order chi connectivity index (χ1) is 15.8. The maximum atomic E-state index is 12.9. The molecule has 0 aliphatic rings. The highest BCUT2D eigenvalue weighted by molar-refractivity contribution is 6.30. The zero-order chi connectivity index (χ0) is 24.0. The van der Waals surface area contributed by atoms with E-state index in [9.17, 15) is 9.59 Å². The van der Waals surface area contributed by atoms with Crippen LogP contribution < -0.4 is 15.4 Å². The van der Waals surface area contributed by atoms with Gasteiger partial charge in [0, 0.05) is 38.5 Å². The van der Waals surface area contributed by atoms with Crippen molar-refractivity contribution in [2.24, 2.45) is 4.99 Å². The van der Waals surface area contributed by atoms with Gasteiger partial charge in [-0.25, -0.2) is 4.98 Å². The van der Waals surface area contributed by atoms with Gasteiger partial charge in [0.05, 0.1) is 23.4 Å². The van der Waals surface area contributed by atoms with Crippen LogP contribution in [0.5, 0.6) is 5.75 Å². The van der Waals surface area contributed by atoms with E-state index in [1.807, 2.05) is 31.1 Å². The van der Waals surface area contributed by atoms with Crippen LogP contribution >= 0.6 is 11.6 Å². The molecule has 8 nitrogen and oxygen atoms in total. The predicted molar refractivity (Wildman–Crippen MR) is 131 cm³/mol. The molecule has 0 unspecified atom stereocenters. The number of pyridine rings is 1. The Morgan fingerprint density at radius 1 is 0.970 bits per heavy atom. The molecule has 0 saturated heterocycles. The zero-order valence-corrected chi connectivity index (χ0v) is 19.5. The fourth-order valence-electron chi connectivity index (χ4n) is 3.13. The van der Waals surface area contributed by atoms with Gasteiger partial charge >= 0.3 is 0 Å². The molecule has 170 valence electrons. The number of nitrogens with zero attached hydrogens (tertiary/aromatic N) is 3. The van der Waals surface area contributed by atoms with Gasteiger partial charge < -0.3 is 20.3 Å². The average molecular weight is 466 g/mol. The Bertz CT molecular complexity index is 1180. The number of methoxy groups -OCH3 is 1. The minimum absolute atomic E-state index is 0.226. The number of hydrogen-bond donors (Lipinski definition) is 2. The molecule has 0 radical (unpaired) electrons. The summed E-state index contributed by atoms with van der Waals surface area (Å²) in [6, 6.07) is 15.1. The van der Waals surface area contributed by atoms with Gasteiger partial charge in [0.1, 0.15) is 17.4 Å². The van der Waals surface area contributed by atoms with Gasteiger partial charge in [0.15, 0.2) is 0 Å². The molecule has 0 bridgehead atoms. The average Bonchev–Trinajstić information content (AvgIpc) is 2.81. The number of benzene rings is 2. The number of nitrogens with one attached hydrogen (secondary N) is 2. The molecule has 3 rings (SSSR count). The van der Waals surface area contributed by atoms with Crippen molar-refractivity contribution in [3.05, 3.63) is 82.5 Å². The molecule has 3 aromatic rings. The van der Waals surface area contributed by atoms with Crippen LogP contribution in [0.4, 0.5) is 11.5 Å². The fourth-order valence-corrected chi connectivity index (χ4v) is 3.24. The van der Waals surface area contributed by atoms with Crippen molar-refractivity contribution in [2.75, 3.05) is 38.9 Å². The summed E-state index contributed by atoms with van der Waals surface area (Å²) >= 11 is 5.85. The molecule has 0 saturated carbocycles. The van der Waals surface area contributed by atoms with Crippen LogP contribution in [0.2, 0.25) is 5.02 Å². The molecular formula is C24H24ClN5O3. The number of rotatable bonds is 6. The summed E-state index contributed by atoms with van der Waals surface area (Å²) in [6.45, 7) is 0. The number of aliphatic imine (C=N–C) groups is 1. The highest BCUT2D eigenvalue weighted by atomic mass is 35.5. The zero-order valence-electron chi connectivity index (χ0n) is 18.7. The van der Waals surface area contributed by atoms with E-state index >= 15 is 0 Å². The van der Waals surface area contributed by atoms with Crippen molar-refractivity contribution in [1.29, 1.82) is 0 Å². The lowest BCUT2D eigenvalue weighted by molar-refractivity contribution is 0.102. The molecule has 1 heterocycles. The SMILES string of the molecule is C/N=C(/c1ccc(C(=O)Nc2ccc(OC)cc2C(=O)Nc2ccc(Cl)cn2)cc1)N(C)C. The fraction of sp³-hybridized carbons (Fsp3) is 0.167. The minimum atomic E-state index is -0.454. The quantitative estimate of drug-likeness (QED) is 0.420. The molecule has 2 aromatic carbocycles. The number of carbonyl (C=O) groups is 2. The maximum Gasteiger partial charge on any atom is 0.259 e. The van der Waals surface area contributed by atoms with Gasteiger partial charge in [-0.05, 0) is 42.5 Å². The Morgan fingerprint density at radius 3 is 2.24 bits per heavy atom. The van der Waals surface area contributed by atoms with Crippen molar-refractivity contribution < 1.29 is 14.3 Å². The number of halogens is 1. The number of ether oxygens (including phenoxy) is 1. The summed E-state index contributed by atoms with van der Waals surface area (Å²) in [6.07, 6.45) is 1.43. The molecule has 0 aliphatic heterocycles. The largest absolute Gasteiger partial charge is 0.497 e. The number of anilines is 2. The first-order valence-electron chi connectivity index (χ1n) is 9.99. The molecule has 0 spiro atoms. The van der Waals surface area contributed by atoms with Crippen molar-refractivity contribution >= 4 is 40.8 Å². The van der Waals surface area contributed by atoms with E-state index in [2.05, 4.69) is 20.6 Å². The lowest BCUT2D eigenvalue weighted by Crippen LogP contribution is -2.23. The summed E-state index contributed by atoms with van der Waals surface area (Å²) in [7, 11) is 7.02. The standard InChI is InChI=1S/C24H24ClN5O3/c1-26-22(30(2)3)15-5-7-16(8-6-15)23(31)28-20-11-10-18(33-4)13-19(20)24(32)29-21-12-9-17(25)14-27-21/h5-14H,1-4H3,(H,28,31)(H,27,29,32)/b26-22-. The van der Waals surface area contributed by atoms with E-state index in [1.54, 1.807) is 49.5 Å². The molecule has 33 heavy (non-hydrogen) atoms. The van der Waals surface area contributed by atoms with Crippen molar-refractivity contribution in [1.82, 2.24) is 9.88 Å². The lowest BCUT2D eigenvalue weighted by atomic mass is 10.1. The number of amides is 2. The Kier molecular flexibility index (Phi) is 7.63. The van der Waals surface area contributed by atoms with E-state index in [0.29, 0.717) is 27.8 Å². The Morgan fingerprint density at radius 2 is 1.67 bits per heavy atom. The third kappa shape index (κ3) is 5.87. The maximum absolute atomic E-state index is 12.9. The number of hydrogen-bond acceptors (Lipinski definition) is 5. The summed E-state index contributed by atoms with van der Waals surface area (Å²) in [4.78, 5) is 36.0. The topological polar surface area (TPSA) is 95.9 Å². The molecule has 0 atom stereocenters. The third-order valence-electron chi connectivity index (χ3n) is 4.73. The summed E-state index contributed by atoms with van der Waals surface area (Å²) in [5.74, 6) is 0.789. The van der Waals surface area contributed by atoms with Gasteiger partial charge in [0.25, 0.3) is 11.8 Å². The van der Waals surface area contributed by atoms with E-state index in [0.717, 1.165) is 11.4 Å². The number of aromatic nitrogens is 1. The highest BCUT2D eigenvalue weighted by Crippen LogP contribution is 2.24. The van der Waals surface area contributed by atoms with Crippen LogP contribution in [0.1, 0.15) is 26.3 Å². The van der Waals surface area contributed by atoms with Gasteiger partial charge in [-0.2, -0.15) is 0 Å². The predicted octanol–water partition coefficient (Wildman–Crippen LogP) is 4.19. The summed E-state index contributed by atoms with van der Waals surface area (Å²) in [5, 5.41) is 5.95. The molecule has 0 fully saturated rings. The molecule has 9 heteroatoms. The normalized spacial score (nSPS) is 11.0. The monoisotopic (exact) mass is 465 g/mol. The molecular weight excluding hydrogens is 442 g/mol. The minimum Gasteiger partial charge on any atom is -0.497 e. The van der Waals surface area contributed by atoms with Gasteiger partial charge in [0.2, 0.25) is 0 Å². The van der Waals surface area contributed by atoms with Crippen LogP contribution in [0.15, 0.2) is 65.8 Å². The summed E-state index contributed by atoms with van der Waals surface area (Å²) in [5.41, 5.74) is 1.89. The molecule has 0 aliphatic carbocycles. The number of amidine groups is 1. The van der Waals surface area contributed by atoms with Gasteiger partial charge in [-0.1, -0.05) is 23.7 Å². The van der Waals surface area contributed by atoms with E-state index in [-0.39, 0.29) is 11.5 Å². The Labute approximate surface area is 197 Å². The second kappa shape index (κ2) is 10.6. The van der Waals surface area contributed by atoms with E-state index in [4.69, 9.17) is 16.3 Å². The Balaban J connectivity index is 1.83. The van der Waals surface area contributed by atoms with Crippen LogP contribution in [0, 0.1) is 0 Å². The first kappa shape index (κ1) is 23.7. The Hall–Kier alpha value is -3.91. The molecule has 2 amide bonds. The first-order valence-corrected chi connectivity index (χ1v) is 10.4. The second-order valence-electron chi connectivity index (χ2n) is 7.20. The van der Waals surface area contributed by atoms with Crippen LogP contribution in [0.25, 0.3) is 0 Å². The van der Waals surface area contributed by atoms with Gasteiger partial charge in [-0.15, -0.1) is 0 Å². The van der Waals surface area contributed by atoms with Crippen molar-refractivity contribution in [2.45, 2.75) is 0 Å². The van der Waals surface area contributed by atoms with Crippen molar-refractivity contribution in [3.63, 3.8) is 0 Å². The van der Waals surface area contributed by atoms with Gasteiger partial charge in [-0.3, -0.25) is 14.6 Å². The second-order valence-corrected chi connectivity index (χ2v) is 7.64. The molecule has 1 aromatic heterocycles. The smallest absolute Gasteiger partial charge is 0.259 e. The van der Waals surface area contributed by atoms with Crippen LogP contribution in [0.3, 0.4) is 0 Å².